The average Bonchev–Trinajstić information content (AvgIpc) is 2.52. The lowest BCUT2D eigenvalue weighted by Crippen LogP contribution is -2.27. The van der Waals surface area contributed by atoms with E-state index in [1.807, 2.05) is 11.5 Å². The van der Waals surface area contributed by atoms with Crippen LogP contribution in [0.5, 0.6) is 11.5 Å². The fourth-order valence-electron chi connectivity index (χ4n) is 2.71. The van der Waals surface area contributed by atoms with Gasteiger partial charge in [-0.15, -0.1) is 0 Å². The molecule has 0 N–H and O–H groups in total. The van der Waals surface area contributed by atoms with E-state index >= 15 is 0 Å². The molecule has 1 unspecified atom stereocenters. The smallest absolute Gasteiger partial charge is 0.343 e. The molecule has 0 saturated heterocycles. The first-order chi connectivity index (χ1) is 10.6. The second-order valence-corrected chi connectivity index (χ2v) is 5.15. The number of hydrogen-bond acceptors (Lipinski definition) is 5. The predicted octanol–water partition coefficient (Wildman–Crippen LogP) is 2.14. The largest absolute Gasteiger partial charge is 0.496 e. The highest BCUT2D eigenvalue weighted by Gasteiger charge is 2.26. The number of pyridine rings is 1. The molecule has 0 aliphatic carbocycles. The fraction of sp³-hybridized carbons (Fsp3) is 0.375. The zero-order valence-corrected chi connectivity index (χ0v) is 12.7. The molecule has 0 fully saturated rings. The topological polar surface area (TPSA) is 66.8 Å². The van der Waals surface area contributed by atoms with E-state index in [-0.39, 0.29) is 18.2 Å². The lowest BCUT2D eigenvalue weighted by Gasteiger charge is -2.27. The highest BCUT2D eigenvalue weighted by Crippen LogP contribution is 2.36. The summed E-state index contributed by atoms with van der Waals surface area (Å²) in [4.78, 5) is 24.8. The van der Waals surface area contributed by atoms with Gasteiger partial charge in [-0.1, -0.05) is 0 Å². The van der Waals surface area contributed by atoms with E-state index in [4.69, 9.17) is 14.2 Å². The van der Waals surface area contributed by atoms with Gasteiger partial charge in [-0.3, -0.25) is 4.79 Å². The first kappa shape index (κ1) is 14.4. The van der Waals surface area contributed by atoms with Crippen molar-refractivity contribution in [1.82, 2.24) is 4.57 Å². The van der Waals surface area contributed by atoms with Gasteiger partial charge in [0.25, 0.3) is 0 Å². The molecular formula is C16H17NO5. The first-order valence-corrected chi connectivity index (χ1v) is 7.14. The zero-order chi connectivity index (χ0) is 15.9. The molecule has 1 atom stereocenters. The van der Waals surface area contributed by atoms with Crippen molar-refractivity contribution in [2.45, 2.75) is 19.9 Å². The number of carbonyl (C=O) groups excluding carboxylic acids is 1. The third-order valence-corrected chi connectivity index (χ3v) is 3.77. The highest BCUT2D eigenvalue weighted by molar-refractivity contribution is 5.98. The minimum Gasteiger partial charge on any atom is -0.496 e. The predicted molar refractivity (Wildman–Crippen MR) is 80.9 cm³/mol. The quantitative estimate of drug-likeness (QED) is 0.813. The van der Waals surface area contributed by atoms with Crippen LogP contribution in [0, 0.1) is 0 Å². The molecule has 0 saturated carbocycles. The number of benzene rings is 1. The van der Waals surface area contributed by atoms with Crippen LogP contribution in [0.25, 0.3) is 10.9 Å². The Hall–Kier alpha value is -2.50. The average molecular weight is 303 g/mol. The molecular weight excluding hydrogens is 286 g/mol. The van der Waals surface area contributed by atoms with Crippen molar-refractivity contribution in [2.75, 3.05) is 20.3 Å². The minimum atomic E-state index is -0.621. The Morgan fingerprint density at radius 1 is 1.45 bits per heavy atom. The molecule has 0 spiro atoms. The van der Waals surface area contributed by atoms with Crippen molar-refractivity contribution >= 4 is 16.9 Å². The Balaban J connectivity index is 2.41. The molecule has 22 heavy (non-hydrogen) atoms. The molecule has 1 aromatic heterocycles. The molecule has 0 amide bonds. The van der Waals surface area contributed by atoms with E-state index in [0.29, 0.717) is 29.0 Å². The van der Waals surface area contributed by atoms with Gasteiger partial charge >= 0.3 is 5.97 Å². The molecule has 116 valence electrons. The molecule has 2 heterocycles. The van der Waals surface area contributed by atoms with Gasteiger partial charge in [-0.05, 0) is 26.0 Å². The van der Waals surface area contributed by atoms with Crippen LogP contribution in [-0.2, 0) is 4.74 Å². The van der Waals surface area contributed by atoms with Gasteiger partial charge in [0.05, 0.1) is 30.7 Å². The van der Waals surface area contributed by atoms with Crippen LogP contribution in [0.1, 0.15) is 30.2 Å². The fourth-order valence-corrected chi connectivity index (χ4v) is 2.71. The summed E-state index contributed by atoms with van der Waals surface area (Å²) >= 11 is 0. The Morgan fingerprint density at radius 3 is 2.91 bits per heavy atom. The second-order valence-electron chi connectivity index (χ2n) is 5.15. The van der Waals surface area contributed by atoms with Crippen LogP contribution >= 0.6 is 0 Å². The molecule has 6 heteroatoms. The summed E-state index contributed by atoms with van der Waals surface area (Å²) in [5.41, 5.74) is 0.260. The van der Waals surface area contributed by atoms with Crippen LogP contribution in [-0.4, -0.2) is 30.9 Å². The lowest BCUT2D eigenvalue weighted by molar-refractivity contribution is 0.0523. The van der Waals surface area contributed by atoms with Gasteiger partial charge in [0, 0.05) is 6.20 Å². The number of rotatable bonds is 3. The normalized spacial score (nSPS) is 16.2. The molecule has 6 nitrogen and oxygen atoms in total. The summed E-state index contributed by atoms with van der Waals surface area (Å²) in [6.07, 6.45) is 1.55. The van der Waals surface area contributed by atoms with E-state index < -0.39 is 11.4 Å². The SMILES string of the molecule is CCOC(=O)c1cn2c3c(ccc(OC)c3c1=O)OCC2C. The Bertz CT molecular complexity index is 808. The number of methoxy groups -OCH3 is 1. The summed E-state index contributed by atoms with van der Waals surface area (Å²) in [7, 11) is 1.49. The summed E-state index contributed by atoms with van der Waals surface area (Å²) in [5.74, 6) is 0.409. The monoisotopic (exact) mass is 303 g/mol. The van der Waals surface area contributed by atoms with Crippen molar-refractivity contribution in [3.8, 4) is 11.5 Å². The zero-order valence-electron chi connectivity index (χ0n) is 12.7. The second kappa shape index (κ2) is 5.36. The van der Waals surface area contributed by atoms with Crippen LogP contribution in [0.3, 0.4) is 0 Å². The maximum absolute atomic E-state index is 12.7. The van der Waals surface area contributed by atoms with Gasteiger partial charge in [0.15, 0.2) is 0 Å². The standard InChI is InChI=1S/C16H17NO5/c1-4-21-16(19)10-7-17-9(2)8-22-12-6-5-11(20-3)13(14(12)17)15(10)18/h5-7,9H,4,8H2,1-3H3. The van der Waals surface area contributed by atoms with Crippen molar-refractivity contribution in [3.05, 3.63) is 34.1 Å². The van der Waals surface area contributed by atoms with Crippen molar-refractivity contribution in [3.63, 3.8) is 0 Å². The van der Waals surface area contributed by atoms with Gasteiger partial charge in [-0.25, -0.2) is 4.79 Å². The number of aromatic nitrogens is 1. The Labute approximate surface area is 127 Å². The van der Waals surface area contributed by atoms with Crippen LogP contribution in [0.4, 0.5) is 0 Å². The molecule has 1 aromatic carbocycles. The first-order valence-electron chi connectivity index (χ1n) is 7.14. The number of carbonyl (C=O) groups is 1. The number of hydrogen-bond donors (Lipinski definition) is 0. The number of nitrogens with zero attached hydrogens (tertiary/aromatic N) is 1. The summed E-state index contributed by atoms with van der Waals surface area (Å²) in [6.45, 7) is 4.35. The third-order valence-electron chi connectivity index (χ3n) is 3.77. The maximum atomic E-state index is 12.7. The molecule has 3 rings (SSSR count). The van der Waals surface area contributed by atoms with Gasteiger partial charge in [0.1, 0.15) is 23.7 Å². The Kier molecular flexibility index (Phi) is 3.52. The molecule has 1 aliphatic heterocycles. The molecule has 0 radical (unpaired) electrons. The molecule has 0 bridgehead atoms. The summed E-state index contributed by atoms with van der Waals surface area (Å²) in [5, 5.41) is 0.345. The maximum Gasteiger partial charge on any atom is 0.343 e. The van der Waals surface area contributed by atoms with Crippen molar-refractivity contribution in [2.24, 2.45) is 0 Å². The van der Waals surface area contributed by atoms with Crippen molar-refractivity contribution in [1.29, 1.82) is 0 Å². The number of esters is 1. The van der Waals surface area contributed by atoms with E-state index in [2.05, 4.69) is 0 Å². The number of ether oxygens (including phenoxy) is 3. The van der Waals surface area contributed by atoms with E-state index in [0.717, 1.165) is 0 Å². The molecule has 1 aliphatic rings. The van der Waals surface area contributed by atoms with Crippen LogP contribution in [0.15, 0.2) is 23.1 Å². The van der Waals surface area contributed by atoms with Crippen LogP contribution in [0.2, 0.25) is 0 Å². The Morgan fingerprint density at radius 2 is 2.23 bits per heavy atom. The van der Waals surface area contributed by atoms with Gasteiger partial charge in [0.2, 0.25) is 5.43 Å². The van der Waals surface area contributed by atoms with Crippen molar-refractivity contribution < 1.29 is 19.0 Å². The molecule has 2 aromatic rings. The lowest BCUT2D eigenvalue weighted by atomic mass is 10.1. The third kappa shape index (κ3) is 2.03. The van der Waals surface area contributed by atoms with Crippen LogP contribution < -0.4 is 14.9 Å². The summed E-state index contributed by atoms with van der Waals surface area (Å²) in [6, 6.07) is 3.44. The minimum absolute atomic E-state index is 0.00381. The van der Waals surface area contributed by atoms with Gasteiger partial charge < -0.3 is 18.8 Å². The highest BCUT2D eigenvalue weighted by atomic mass is 16.5. The van der Waals surface area contributed by atoms with E-state index in [1.54, 1.807) is 25.3 Å². The summed E-state index contributed by atoms with van der Waals surface area (Å²) < 4.78 is 17.8. The van der Waals surface area contributed by atoms with E-state index in [9.17, 15) is 9.59 Å². The van der Waals surface area contributed by atoms with Gasteiger partial charge in [-0.2, -0.15) is 0 Å². The van der Waals surface area contributed by atoms with E-state index in [1.165, 1.54) is 7.11 Å².